The third-order valence-corrected chi connectivity index (χ3v) is 4.30. The molecule has 0 saturated carbocycles. The van der Waals surface area contributed by atoms with Crippen LogP contribution in [0.2, 0.25) is 0 Å². The van der Waals surface area contributed by atoms with Gasteiger partial charge in [-0.15, -0.1) is 0 Å². The Kier molecular flexibility index (Phi) is 7.40. The number of hydrogen-bond acceptors (Lipinski definition) is 6. The van der Waals surface area contributed by atoms with Gasteiger partial charge in [0.1, 0.15) is 5.76 Å². The van der Waals surface area contributed by atoms with E-state index in [4.69, 9.17) is 13.9 Å². The summed E-state index contributed by atoms with van der Waals surface area (Å²) in [7, 11) is 1.49. The van der Waals surface area contributed by atoms with Gasteiger partial charge >= 0.3 is 0 Å². The molecule has 1 aromatic heterocycles. The number of carbonyl (C=O) groups excluding carboxylic acids is 2. The zero-order valence-electron chi connectivity index (χ0n) is 14.2. The largest absolute Gasteiger partial charge is 0.493 e. The predicted octanol–water partition coefficient (Wildman–Crippen LogP) is 2.92. The number of benzene rings is 1. The molecule has 1 N–H and O–H groups in total. The zero-order valence-corrected chi connectivity index (χ0v) is 15.1. The zero-order chi connectivity index (χ0) is 18.1. The number of Topliss-reactive ketones (excluding diaryl/α,β-unsaturated/α-hetero) is 1. The van der Waals surface area contributed by atoms with Crippen LogP contribution >= 0.6 is 11.8 Å². The maximum atomic E-state index is 11.8. The average Bonchev–Trinajstić information content (AvgIpc) is 3.12. The Bertz CT molecular complexity index is 699. The predicted molar refractivity (Wildman–Crippen MR) is 96.4 cm³/mol. The van der Waals surface area contributed by atoms with Crippen molar-refractivity contribution in [2.75, 3.05) is 26.0 Å². The third kappa shape index (κ3) is 6.19. The van der Waals surface area contributed by atoms with Crippen LogP contribution in [0.1, 0.15) is 23.0 Å². The van der Waals surface area contributed by atoms with Crippen molar-refractivity contribution in [2.24, 2.45) is 0 Å². The average molecular weight is 363 g/mol. The molecule has 0 atom stereocenters. The van der Waals surface area contributed by atoms with Crippen molar-refractivity contribution in [3.05, 3.63) is 47.9 Å². The highest BCUT2D eigenvalue weighted by molar-refractivity contribution is 7.98. The highest BCUT2D eigenvalue weighted by Crippen LogP contribution is 2.28. The number of ether oxygens (including phenoxy) is 2. The summed E-state index contributed by atoms with van der Waals surface area (Å²) >= 11 is 1.68. The lowest BCUT2D eigenvalue weighted by atomic mass is 10.1. The van der Waals surface area contributed by atoms with Gasteiger partial charge < -0.3 is 19.2 Å². The van der Waals surface area contributed by atoms with Gasteiger partial charge in [-0.25, -0.2) is 0 Å². The molecule has 0 radical (unpaired) electrons. The van der Waals surface area contributed by atoms with Crippen LogP contribution in [0.3, 0.4) is 0 Å². The lowest BCUT2D eigenvalue weighted by Crippen LogP contribution is -2.30. The summed E-state index contributed by atoms with van der Waals surface area (Å²) in [5.41, 5.74) is 0.530. The van der Waals surface area contributed by atoms with Gasteiger partial charge in [0.15, 0.2) is 23.9 Å². The van der Waals surface area contributed by atoms with Gasteiger partial charge in [-0.2, -0.15) is 11.8 Å². The van der Waals surface area contributed by atoms with E-state index in [9.17, 15) is 9.59 Å². The monoisotopic (exact) mass is 363 g/mol. The summed E-state index contributed by atoms with van der Waals surface area (Å²) in [4.78, 5) is 23.2. The molecule has 2 aromatic rings. The summed E-state index contributed by atoms with van der Waals surface area (Å²) in [5.74, 6) is 3.05. The molecule has 134 valence electrons. The summed E-state index contributed by atoms with van der Waals surface area (Å²) in [5, 5.41) is 2.79. The number of rotatable bonds is 10. The van der Waals surface area contributed by atoms with Gasteiger partial charge in [-0.1, -0.05) is 0 Å². The van der Waals surface area contributed by atoms with E-state index in [1.165, 1.54) is 14.0 Å². The molecule has 2 rings (SSSR count). The number of hydrogen-bond donors (Lipinski definition) is 1. The van der Waals surface area contributed by atoms with E-state index in [1.54, 1.807) is 36.2 Å². The lowest BCUT2D eigenvalue weighted by Gasteiger charge is -2.11. The van der Waals surface area contributed by atoms with E-state index in [0.29, 0.717) is 23.6 Å². The first-order valence-corrected chi connectivity index (χ1v) is 8.94. The van der Waals surface area contributed by atoms with E-state index >= 15 is 0 Å². The number of methoxy groups -OCH3 is 1. The Hall–Kier alpha value is -2.41. The Balaban J connectivity index is 1.69. The molecule has 6 nitrogen and oxygen atoms in total. The van der Waals surface area contributed by atoms with E-state index in [0.717, 1.165) is 17.3 Å². The summed E-state index contributed by atoms with van der Waals surface area (Å²) in [6, 6.07) is 8.64. The second kappa shape index (κ2) is 9.78. The number of ketones is 1. The van der Waals surface area contributed by atoms with Crippen LogP contribution in [-0.4, -0.2) is 37.7 Å². The van der Waals surface area contributed by atoms with Crippen LogP contribution in [0, 0.1) is 0 Å². The first kappa shape index (κ1) is 18.9. The van der Waals surface area contributed by atoms with Gasteiger partial charge in [0, 0.05) is 17.9 Å². The molecule has 0 aliphatic carbocycles. The van der Waals surface area contributed by atoms with Crippen LogP contribution in [-0.2, 0) is 10.5 Å². The number of nitrogens with one attached hydrogen (secondary N) is 1. The number of amides is 1. The molecular weight excluding hydrogens is 342 g/mol. The number of carbonyl (C=O) groups is 2. The number of furan rings is 1. The molecule has 25 heavy (non-hydrogen) atoms. The maximum absolute atomic E-state index is 11.8. The molecular formula is C18H21NO5S. The highest BCUT2D eigenvalue weighted by Gasteiger charge is 2.10. The van der Waals surface area contributed by atoms with E-state index in [-0.39, 0.29) is 18.3 Å². The van der Waals surface area contributed by atoms with Gasteiger partial charge in [0.05, 0.1) is 19.1 Å². The van der Waals surface area contributed by atoms with Crippen molar-refractivity contribution in [2.45, 2.75) is 12.7 Å². The topological polar surface area (TPSA) is 77.8 Å². The fourth-order valence-electron chi connectivity index (χ4n) is 2.03. The van der Waals surface area contributed by atoms with Crippen LogP contribution in [0.25, 0.3) is 0 Å². The first-order chi connectivity index (χ1) is 12.1. The van der Waals surface area contributed by atoms with E-state index in [1.807, 2.05) is 12.1 Å². The highest BCUT2D eigenvalue weighted by atomic mass is 32.2. The molecule has 0 fully saturated rings. The van der Waals surface area contributed by atoms with Crippen molar-refractivity contribution >= 4 is 23.5 Å². The van der Waals surface area contributed by atoms with Crippen LogP contribution < -0.4 is 14.8 Å². The van der Waals surface area contributed by atoms with Crippen molar-refractivity contribution in [3.63, 3.8) is 0 Å². The molecule has 0 saturated heterocycles. The molecule has 0 aliphatic rings. The Morgan fingerprint density at radius 1 is 1.24 bits per heavy atom. The van der Waals surface area contributed by atoms with Crippen molar-refractivity contribution < 1.29 is 23.5 Å². The minimum atomic E-state index is -0.212. The quantitative estimate of drug-likeness (QED) is 0.517. The van der Waals surface area contributed by atoms with Gasteiger partial charge in [0.25, 0.3) is 5.91 Å². The fraction of sp³-hybridized carbons (Fsp3) is 0.333. The van der Waals surface area contributed by atoms with Crippen LogP contribution in [0.5, 0.6) is 11.5 Å². The van der Waals surface area contributed by atoms with Crippen molar-refractivity contribution in [1.82, 2.24) is 5.32 Å². The van der Waals surface area contributed by atoms with Crippen LogP contribution in [0.15, 0.2) is 41.0 Å². The molecule has 0 unspecified atom stereocenters. The third-order valence-electron chi connectivity index (χ3n) is 3.32. The molecule has 0 spiro atoms. The second-order valence-corrected chi connectivity index (χ2v) is 6.30. The van der Waals surface area contributed by atoms with Crippen LogP contribution in [0.4, 0.5) is 0 Å². The molecule has 0 aliphatic heterocycles. The SMILES string of the molecule is COc1cc(C(C)=O)ccc1OCC(=O)NCCSCc1ccco1. The Morgan fingerprint density at radius 2 is 2.08 bits per heavy atom. The van der Waals surface area contributed by atoms with Gasteiger partial charge in [-0.3, -0.25) is 9.59 Å². The second-order valence-electron chi connectivity index (χ2n) is 5.19. The number of thioether (sulfide) groups is 1. The van der Waals surface area contributed by atoms with Gasteiger partial charge in [0.2, 0.25) is 0 Å². The van der Waals surface area contributed by atoms with E-state index < -0.39 is 0 Å². The fourth-order valence-corrected chi connectivity index (χ4v) is 2.79. The molecule has 7 heteroatoms. The first-order valence-electron chi connectivity index (χ1n) is 7.78. The summed E-state index contributed by atoms with van der Waals surface area (Å²) < 4.78 is 15.9. The minimum Gasteiger partial charge on any atom is -0.493 e. The standard InChI is InChI=1S/C18H21NO5S/c1-13(20)14-5-6-16(17(10-14)22-2)24-11-18(21)19-7-9-25-12-15-4-3-8-23-15/h3-6,8,10H,7,9,11-12H2,1-2H3,(H,19,21). The van der Waals surface area contributed by atoms with Crippen molar-refractivity contribution in [1.29, 1.82) is 0 Å². The maximum Gasteiger partial charge on any atom is 0.257 e. The van der Waals surface area contributed by atoms with E-state index in [2.05, 4.69) is 5.32 Å². The smallest absolute Gasteiger partial charge is 0.257 e. The Morgan fingerprint density at radius 3 is 2.76 bits per heavy atom. The summed E-state index contributed by atoms with van der Waals surface area (Å²) in [6.07, 6.45) is 1.65. The van der Waals surface area contributed by atoms with Gasteiger partial charge in [-0.05, 0) is 37.3 Å². The molecule has 1 heterocycles. The molecule has 0 bridgehead atoms. The van der Waals surface area contributed by atoms with Crippen molar-refractivity contribution in [3.8, 4) is 11.5 Å². The Labute approximate surface area is 150 Å². The minimum absolute atomic E-state index is 0.0605. The normalized spacial score (nSPS) is 10.3. The summed E-state index contributed by atoms with van der Waals surface area (Å²) in [6.45, 7) is 1.92. The lowest BCUT2D eigenvalue weighted by molar-refractivity contribution is -0.122. The molecule has 1 amide bonds. The molecule has 1 aromatic carbocycles.